The molecule has 1 fully saturated rings. The Morgan fingerprint density at radius 3 is 2.25 bits per heavy atom. The second-order valence-corrected chi connectivity index (χ2v) is 6.91. The summed E-state index contributed by atoms with van der Waals surface area (Å²) in [5.74, 6) is -2.96. The molecule has 0 spiro atoms. The van der Waals surface area contributed by atoms with E-state index in [9.17, 15) is 13.6 Å². The van der Waals surface area contributed by atoms with E-state index in [0.29, 0.717) is 5.56 Å². The van der Waals surface area contributed by atoms with Crippen molar-refractivity contribution >= 4 is 13.1 Å². The number of halogens is 2. The molecule has 7 heteroatoms. The second-order valence-electron chi connectivity index (χ2n) is 6.91. The maximum atomic E-state index is 13.6. The van der Waals surface area contributed by atoms with Gasteiger partial charge in [-0.2, -0.15) is 0 Å². The zero-order valence-electron chi connectivity index (χ0n) is 14.7. The second kappa shape index (κ2) is 6.80. The van der Waals surface area contributed by atoms with Crippen LogP contribution in [0.5, 0.6) is 0 Å². The average molecular weight is 340 g/mol. The number of esters is 1. The predicted octanol–water partition coefficient (Wildman–Crippen LogP) is 3.63. The lowest BCUT2D eigenvalue weighted by Gasteiger charge is -2.32. The molecule has 0 N–H and O–H groups in total. The van der Waals surface area contributed by atoms with Crippen molar-refractivity contribution in [1.29, 1.82) is 0 Å². The predicted molar refractivity (Wildman–Crippen MR) is 86.4 cm³/mol. The van der Waals surface area contributed by atoms with Crippen molar-refractivity contribution in [3.63, 3.8) is 0 Å². The van der Waals surface area contributed by atoms with Gasteiger partial charge in [0.1, 0.15) is 0 Å². The van der Waals surface area contributed by atoms with Crippen molar-refractivity contribution in [1.82, 2.24) is 0 Å². The van der Waals surface area contributed by atoms with Crippen molar-refractivity contribution < 1.29 is 27.6 Å². The molecule has 1 atom stereocenters. The molecular formula is C17H23BF2O4. The van der Waals surface area contributed by atoms with Gasteiger partial charge in [0.05, 0.1) is 24.2 Å². The normalized spacial score (nSPS) is 20.0. The van der Waals surface area contributed by atoms with Gasteiger partial charge in [0.2, 0.25) is 0 Å². The van der Waals surface area contributed by atoms with Crippen LogP contribution < -0.4 is 0 Å². The molecule has 1 aliphatic heterocycles. The minimum absolute atomic E-state index is 0.0459. The molecule has 2 rings (SSSR count). The first kappa shape index (κ1) is 18.9. The Bertz CT molecular complexity index is 603. The van der Waals surface area contributed by atoms with Crippen molar-refractivity contribution in [3.05, 3.63) is 35.4 Å². The topological polar surface area (TPSA) is 44.8 Å². The largest absolute Gasteiger partial charge is 0.466 e. The maximum Gasteiger partial charge on any atom is 0.466 e. The monoisotopic (exact) mass is 340 g/mol. The molecule has 1 unspecified atom stereocenters. The number of hydrogen-bond acceptors (Lipinski definition) is 4. The highest BCUT2D eigenvalue weighted by molar-refractivity contribution is 6.48. The van der Waals surface area contributed by atoms with Crippen LogP contribution in [-0.2, 0) is 18.8 Å². The van der Waals surface area contributed by atoms with Gasteiger partial charge in [-0.05, 0) is 52.3 Å². The molecule has 4 nitrogen and oxygen atoms in total. The summed E-state index contributed by atoms with van der Waals surface area (Å²) in [4.78, 5) is 12.0. The summed E-state index contributed by atoms with van der Waals surface area (Å²) in [5, 5.41) is 0. The summed E-state index contributed by atoms with van der Waals surface area (Å²) in [5.41, 5.74) is -0.757. The lowest BCUT2D eigenvalue weighted by atomic mass is 9.66. The number of benzene rings is 1. The highest BCUT2D eigenvalue weighted by Gasteiger charge is 2.54. The fourth-order valence-corrected chi connectivity index (χ4v) is 2.57. The van der Waals surface area contributed by atoms with E-state index >= 15 is 0 Å². The van der Waals surface area contributed by atoms with E-state index in [2.05, 4.69) is 0 Å². The number of ether oxygens (including phenoxy) is 1. The molecule has 1 saturated heterocycles. The van der Waals surface area contributed by atoms with E-state index in [4.69, 9.17) is 14.0 Å². The lowest BCUT2D eigenvalue weighted by molar-refractivity contribution is -0.143. The van der Waals surface area contributed by atoms with Gasteiger partial charge in [-0.15, -0.1) is 0 Å². The quantitative estimate of drug-likeness (QED) is 0.607. The van der Waals surface area contributed by atoms with Gasteiger partial charge in [0, 0.05) is 5.82 Å². The first-order valence-electron chi connectivity index (χ1n) is 8.03. The molecule has 0 saturated carbocycles. The van der Waals surface area contributed by atoms with E-state index in [1.807, 2.05) is 27.7 Å². The minimum Gasteiger partial charge on any atom is -0.466 e. The zero-order valence-corrected chi connectivity index (χ0v) is 14.7. The summed E-state index contributed by atoms with van der Waals surface area (Å²) in [7, 11) is -0.760. The number of carbonyl (C=O) groups excluding carboxylic acids is 1. The molecule has 132 valence electrons. The summed E-state index contributed by atoms with van der Waals surface area (Å²) < 4.78 is 43.8. The molecule has 1 aromatic carbocycles. The fraction of sp³-hybridized carbons (Fsp3) is 0.588. The molecule has 0 aromatic heterocycles. The van der Waals surface area contributed by atoms with E-state index in [1.165, 1.54) is 6.07 Å². The van der Waals surface area contributed by atoms with Crippen molar-refractivity contribution in [2.75, 3.05) is 6.61 Å². The molecule has 0 bridgehead atoms. The van der Waals surface area contributed by atoms with Crippen LogP contribution in [0.4, 0.5) is 8.78 Å². The van der Waals surface area contributed by atoms with Crippen molar-refractivity contribution in [2.45, 2.75) is 58.1 Å². The minimum atomic E-state index is -0.974. The first-order chi connectivity index (χ1) is 11.1. The van der Waals surface area contributed by atoms with Crippen LogP contribution in [0.25, 0.3) is 0 Å². The third-order valence-electron chi connectivity index (χ3n) is 4.66. The van der Waals surface area contributed by atoms with Gasteiger partial charge in [0.25, 0.3) is 0 Å². The smallest absolute Gasteiger partial charge is 0.466 e. The van der Waals surface area contributed by atoms with Gasteiger partial charge in [0.15, 0.2) is 11.6 Å². The van der Waals surface area contributed by atoms with Crippen LogP contribution >= 0.6 is 0 Å². The SMILES string of the molecule is CCOC(=O)CC(B1OC(C)(C)C(C)(C)O1)c1ccc(F)c(F)c1. The molecule has 0 aliphatic carbocycles. The average Bonchev–Trinajstić information content (AvgIpc) is 2.68. The molecular weight excluding hydrogens is 317 g/mol. The Kier molecular flexibility index (Phi) is 5.35. The van der Waals surface area contributed by atoms with Gasteiger partial charge >= 0.3 is 13.1 Å². The van der Waals surface area contributed by atoms with Crippen LogP contribution in [0.2, 0.25) is 0 Å². The Morgan fingerprint density at radius 1 is 1.17 bits per heavy atom. The number of carbonyl (C=O) groups is 1. The van der Waals surface area contributed by atoms with E-state index in [1.54, 1.807) is 6.92 Å². The molecule has 1 aromatic rings. The number of hydrogen-bond donors (Lipinski definition) is 0. The Hall–Kier alpha value is -1.47. The molecule has 1 heterocycles. The van der Waals surface area contributed by atoms with Gasteiger partial charge < -0.3 is 14.0 Å². The van der Waals surface area contributed by atoms with E-state index < -0.39 is 41.7 Å². The third kappa shape index (κ3) is 3.78. The van der Waals surface area contributed by atoms with Gasteiger partial charge in [-0.25, -0.2) is 8.78 Å². The van der Waals surface area contributed by atoms with E-state index in [-0.39, 0.29) is 13.0 Å². The Labute approximate surface area is 141 Å². The van der Waals surface area contributed by atoms with Crippen LogP contribution in [0.15, 0.2) is 18.2 Å². The first-order valence-corrected chi connectivity index (χ1v) is 8.03. The molecule has 24 heavy (non-hydrogen) atoms. The molecule has 1 aliphatic rings. The Balaban J connectivity index is 2.33. The highest BCUT2D eigenvalue weighted by atomic mass is 19.2. The van der Waals surface area contributed by atoms with E-state index in [0.717, 1.165) is 12.1 Å². The summed E-state index contributed by atoms with van der Waals surface area (Å²) in [6.45, 7) is 9.50. The van der Waals surface area contributed by atoms with Crippen LogP contribution in [0.1, 0.15) is 52.4 Å². The van der Waals surface area contributed by atoms with Gasteiger partial charge in [-0.3, -0.25) is 4.79 Å². The highest BCUT2D eigenvalue weighted by Crippen LogP contribution is 2.42. The number of rotatable bonds is 5. The summed E-state index contributed by atoms with van der Waals surface area (Å²) >= 11 is 0. The van der Waals surface area contributed by atoms with Crippen molar-refractivity contribution in [2.24, 2.45) is 0 Å². The summed E-state index contributed by atoms with van der Waals surface area (Å²) in [6, 6.07) is 3.55. The fourth-order valence-electron chi connectivity index (χ4n) is 2.57. The van der Waals surface area contributed by atoms with Crippen LogP contribution in [-0.4, -0.2) is 30.9 Å². The summed E-state index contributed by atoms with van der Waals surface area (Å²) in [6.07, 6.45) is -0.0459. The third-order valence-corrected chi connectivity index (χ3v) is 4.66. The van der Waals surface area contributed by atoms with Crippen molar-refractivity contribution in [3.8, 4) is 0 Å². The van der Waals surface area contributed by atoms with Gasteiger partial charge in [-0.1, -0.05) is 6.07 Å². The Morgan fingerprint density at radius 2 is 1.75 bits per heavy atom. The zero-order chi connectivity index (χ0) is 18.1. The standard InChI is InChI=1S/C17H23BF2O4/c1-6-22-15(21)10-12(11-7-8-13(19)14(20)9-11)18-23-16(2,3)17(4,5)24-18/h7-9,12H,6,10H2,1-5H3. The van der Waals surface area contributed by atoms with Crippen LogP contribution in [0, 0.1) is 11.6 Å². The van der Waals surface area contributed by atoms with Crippen LogP contribution in [0.3, 0.4) is 0 Å². The molecule has 0 amide bonds. The lowest BCUT2D eigenvalue weighted by Crippen LogP contribution is -2.41. The molecule has 0 radical (unpaired) electrons. The maximum absolute atomic E-state index is 13.6.